The van der Waals surface area contributed by atoms with E-state index in [1.807, 2.05) is 6.92 Å². The fraction of sp³-hybridized carbons (Fsp3) is 0.667. The van der Waals surface area contributed by atoms with E-state index in [0.717, 1.165) is 6.61 Å². The van der Waals surface area contributed by atoms with Gasteiger partial charge in [-0.05, 0) is 13.8 Å². The summed E-state index contributed by atoms with van der Waals surface area (Å²) < 4.78 is 4.90. The first-order chi connectivity index (χ1) is 3.41. The summed E-state index contributed by atoms with van der Waals surface area (Å²) in [7, 11) is 0. The molecule has 0 saturated heterocycles. The van der Waals surface area contributed by atoms with Gasteiger partial charge in [0, 0.05) is 6.61 Å². The van der Waals surface area contributed by atoms with Crippen LogP contribution < -0.4 is 0 Å². The third-order valence-corrected chi connectivity index (χ3v) is 0.555. The molecule has 0 radical (unpaired) electrons. The highest BCUT2D eigenvalue weighted by molar-refractivity contribution is 4.94. The first-order valence-corrected chi connectivity index (χ1v) is 2.39. The standard InChI is InChI=1S/C6H10O/c1-3-5-6-7-4-2/h4,6H2,1-2H3. The summed E-state index contributed by atoms with van der Waals surface area (Å²) in [4.78, 5) is 0. The molecule has 0 amide bonds. The normalized spacial score (nSPS) is 7.14. The first-order valence-electron chi connectivity index (χ1n) is 2.39. The minimum absolute atomic E-state index is 0.576. The maximum atomic E-state index is 4.90. The highest BCUT2D eigenvalue weighted by Gasteiger charge is 1.69. The van der Waals surface area contributed by atoms with Gasteiger partial charge in [-0.1, -0.05) is 5.92 Å². The number of ether oxygens (including phenoxy) is 1. The molecular weight excluding hydrogens is 88.1 g/mol. The van der Waals surface area contributed by atoms with Gasteiger partial charge in [0.05, 0.1) is 0 Å². The molecule has 0 bridgehead atoms. The van der Waals surface area contributed by atoms with E-state index in [0.29, 0.717) is 6.61 Å². The van der Waals surface area contributed by atoms with Crippen LogP contribution in [0.5, 0.6) is 0 Å². The van der Waals surface area contributed by atoms with Gasteiger partial charge in [0.15, 0.2) is 0 Å². The Kier molecular flexibility index (Phi) is 5.14. The molecule has 0 aromatic heterocycles. The Morgan fingerprint density at radius 1 is 1.57 bits per heavy atom. The van der Waals surface area contributed by atoms with Crippen LogP contribution in [-0.2, 0) is 4.74 Å². The zero-order valence-electron chi connectivity index (χ0n) is 4.82. The summed E-state index contributed by atoms with van der Waals surface area (Å²) in [5, 5.41) is 0. The van der Waals surface area contributed by atoms with Crippen LogP contribution in [0.25, 0.3) is 0 Å². The lowest BCUT2D eigenvalue weighted by Crippen LogP contribution is -1.87. The minimum atomic E-state index is 0.576. The second-order valence-corrected chi connectivity index (χ2v) is 1.06. The van der Waals surface area contributed by atoms with Crippen LogP contribution in [0.1, 0.15) is 13.8 Å². The fourth-order valence-corrected chi connectivity index (χ4v) is 0.225. The van der Waals surface area contributed by atoms with E-state index >= 15 is 0 Å². The quantitative estimate of drug-likeness (QED) is 0.370. The van der Waals surface area contributed by atoms with Gasteiger partial charge in [0.1, 0.15) is 6.61 Å². The molecule has 7 heavy (non-hydrogen) atoms. The Bertz CT molecular complexity index is 75.9. The van der Waals surface area contributed by atoms with Gasteiger partial charge in [-0.15, -0.1) is 5.92 Å². The minimum Gasteiger partial charge on any atom is -0.369 e. The van der Waals surface area contributed by atoms with E-state index in [9.17, 15) is 0 Å². The zero-order valence-corrected chi connectivity index (χ0v) is 4.82. The van der Waals surface area contributed by atoms with Crippen molar-refractivity contribution >= 4 is 0 Å². The second-order valence-electron chi connectivity index (χ2n) is 1.06. The molecule has 0 aliphatic heterocycles. The Morgan fingerprint density at radius 3 is 2.71 bits per heavy atom. The van der Waals surface area contributed by atoms with Crippen molar-refractivity contribution in [3.8, 4) is 11.8 Å². The maximum Gasteiger partial charge on any atom is 0.107 e. The highest BCUT2D eigenvalue weighted by atomic mass is 16.5. The van der Waals surface area contributed by atoms with Gasteiger partial charge >= 0.3 is 0 Å². The molecule has 0 heterocycles. The van der Waals surface area contributed by atoms with Gasteiger partial charge < -0.3 is 4.74 Å². The van der Waals surface area contributed by atoms with Gasteiger partial charge in [0.2, 0.25) is 0 Å². The monoisotopic (exact) mass is 98.1 g/mol. The fourth-order valence-electron chi connectivity index (χ4n) is 0.225. The van der Waals surface area contributed by atoms with Crippen LogP contribution >= 0.6 is 0 Å². The van der Waals surface area contributed by atoms with Crippen molar-refractivity contribution in [2.45, 2.75) is 13.8 Å². The van der Waals surface area contributed by atoms with Crippen molar-refractivity contribution < 1.29 is 4.74 Å². The van der Waals surface area contributed by atoms with Crippen LogP contribution in [0.4, 0.5) is 0 Å². The van der Waals surface area contributed by atoms with E-state index in [1.54, 1.807) is 6.92 Å². The molecular formula is C6H10O. The predicted octanol–water partition coefficient (Wildman–Crippen LogP) is 1.05. The van der Waals surface area contributed by atoms with Crippen LogP contribution in [0, 0.1) is 11.8 Å². The molecule has 0 fully saturated rings. The Morgan fingerprint density at radius 2 is 2.29 bits per heavy atom. The molecule has 0 spiro atoms. The molecule has 1 heteroatoms. The lowest BCUT2D eigenvalue weighted by Gasteiger charge is -1.86. The van der Waals surface area contributed by atoms with Gasteiger partial charge in [-0.2, -0.15) is 0 Å². The number of rotatable bonds is 2. The third-order valence-electron chi connectivity index (χ3n) is 0.555. The van der Waals surface area contributed by atoms with Crippen LogP contribution in [0.15, 0.2) is 0 Å². The average molecular weight is 98.1 g/mol. The molecule has 0 N–H and O–H groups in total. The molecule has 40 valence electrons. The summed E-state index contributed by atoms with van der Waals surface area (Å²) in [6.45, 7) is 5.10. The summed E-state index contributed by atoms with van der Waals surface area (Å²) in [6.07, 6.45) is 0. The van der Waals surface area contributed by atoms with Crippen molar-refractivity contribution in [2.24, 2.45) is 0 Å². The number of hydrogen-bond acceptors (Lipinski definition) is 1. The maximum absolute atomic E-state index is 4.90. The largest absolute Gasteiger partial charge is 0.369 e. The van der Waals surface area contributed by atoms with E-state index in [1.165, 1.54) is 0 Å². The average Bonchev–Trinajstić information content (AvgIpc) is 1.69. The molecule has 1 nitrogen and oxygen atoms in total. The summed E-state index contributed by atoms with van der Waals surface area (Å²) in [6, 6.07) is 0. The molecule has 0 aromatic carbocycles. The molecule has 0 rings (SSSR count). The molecule has 0 aromatic rings. The smallest absolute Gasteiger partial charge is 0.107 e. The second kappa shape index (κ2) is 5.52. The topological polar surface area (TPSA) is 9.23 Å². The van der Waals surface area contributed by atoms with Crippen LogP contribution in [0.3, 0.4) is 0 Å². The van der Waals surface area contributed by atoms with Gasteiger partial charge in [-0.25, -0.2) is 0 Å². The van der Waals surface area contributed by atoms with E-state index in [4.69, 9.17) is 4.74 Å². The van der Waals surface area contributed by atoms with Crippen molar-refractivity contribution in [2.75, 3.05) is 13.2 Å². The summed E-state index contributed by atoms with van der Waals surface area (Å²) in [5.74, 6) is 5.50. The van der Waals surface area contributed by atoms with Crippen molar-refractivity contribution in [1.29, 1.82) is 0 Å². The van der Waals surface area contributed by atoms with E-state index in [-0.39, 0.29) is 0 Å². The zero-order chi connectivity index (χ0) is 5.54. The molecule has 0 atom stereocenters. The van der Waals surface area contributed by atoms with E-state index in [2.05, 4.69) is 11.8 Å². The first kappa shape index (κ1) is 6.52. The molecule has 0 aliphatic carbocycles. The highest BCUT2D eigenvalue weighted by Crippen LogP contribution is 1.66. The van der Waals surface area contributed by atoms with Crippen LogP contribution in [0.2, 0.25) is 0 Å². The number of hydrogen-bond donors (Lipinski definition) is 0. The Balaban J connectivity index is 2.78. The Hall–Kier alpha value is -0.480. The third kappa shape index (κ3) is 5.52. The Labute approximate surface area is 44.7 Å². The molecule has 0 unspecified atom stereocenters. The summed E-state index contributed by atoms with van der Waals surface area (Å²) in [5.41, 5.74) is 0. The molecule has 0 aliphatic rings. The molecule has 0 saturated carbocycles. The predicted molar refractivity (Wildman–Crippen MR) is 29.9 cm³/mol. The van der Waals surface area contributed by atoms with Gasteiger partial charge in [0.25, 0.3) is 0 Å². The SMILES string of the molecule is CC#CCOCC. The lowest BCUT2D eigenvalue weighted by molar-refractivity contribution is 0.182. The van der Waals surface area contributed by atoms with Crippen molar-refractivity contribution in [3.05, 3.63) is 0 Å². The van der Waals surface area contributed by atoms with Crippen molar-refractivity contribution in [1.82, 2.24) is 0 Å². The van der Waals surface area contributed by atoms with Crippen LogP contribution in [-0.4, -0.2) is 13.2 Å². The van der Waals surface area contributed by atoms with Gasteiger partial charge in [-0.3, -0.25) is 0 Å². The van der Waals surface area contributed by atoms with E-state index < -0.39 is 0 Å². The lowest BCUT2D eigenvalue weighted by atomic mass is 10.6. The van der Waals surface area contributed by atoms with Crippen molar-refractivity contribution in [3.63, 3.8) is 0 Å². The summed E-state index contributed by atoms with van der Waals surface area (Å²) >= 11 is 0.